The highest BCUT2D eigenvalue weighted by atomic mass is 32.1. The van der Waals surface area contributed by atoms with Crippen molar-refractivity contribution >= 4 is 12.6 Å². The van der Waals surface area contributed by atoms with Gasteiger partial charge < -0.3 is 4.90 Å². The summed E-state index contributed by atoms with van der Waals surface area (Å²) in [7, 11) is 4.09. The van der Waals surface area contributed by atoms with Gasteiger partial charge in [0.15, 0.2) is 0 Å². The van der Waals surface area contributed by atoms with Crippen molar-refractivity contribution in [3.63, 3.8) is 0 Å². The van der Waals surface area contributed by atoms with Crippen molar-refractivity contribution in [3.8, 4) is 0 Å². The van der Waals surface area contributed by atoms with Crippen molar-refractivity contribution in [2.45, 2.75) is 12.5 Å². The number of hydrogen-bond acceptors (Lipinski definition) is 3. The lowest BCUT2D eigenvalue weighted by Gasteiger charge is -2.22. The Balaban J connectivity index is 1.95. The third-order valence-corrected chi connectivity index (χ3v) is 3.68. The van der Waals surface area contributed by atoms with E-state index >= 15 is 0 Å². The van der Waals surface area contributed by atoms with Crippen LogP contribution in [0.3, 0.4) is 0 Å². The maximum absolute atomic E-state index is 4.49. The molecule has 0 aliphatic rings. The number of rotatable bonds is 6. The van der Waals surface area contributed by atoms with Crippen molar-refractivity contribution in [1.82, 2.24) is 14.7 Å². The van der Waals surface area contributed by atoms with Gasteiger partial charge in [-0.3, -0.25) is 4.68 Å². The smallest absolute Gasteiger partial charge is 0.0534 e. The lowest BCUT2D eigenvalue weighted by Crippen LogP contribution is -2.25. The molecule has 1 heterocycles. The number of hydrogen-bond donors (Lipinski definition) is 1. The van der Waals surface area contributed by atoms with Gasteiger partial charge in [-0.2, -0.15) is 17.7 Å². The molecule has 0 amide bonds. The topological polar surface area (TPSA) is 21.1 Å². The standard InChI is InChI=1S/C15H21N3S/c1-17(9-13-8-16-18(2)10-13)11-15(12-19)14-6-4-3-5-7-14/h3-8,10,15,19H,9,11-12H2,1-2H3. The number of benzene rings is 1. The molecule has 1 aromatic heterocycles. The molecule has 19 heavy (non-hydrogen) atoms. The molecule has 0 aliphatic heterocycles. The van der Waals surface area contributed by atoms with Gasteiger partial charge in [-0.1, -0.05) is 30.3 Å². The summed E-state index contributed by atoms with van der Waals surface area (Å²) in [5, 5.41) is 4.20. The summed E-state index contributed by atoms with van der Waals surface area (Å²) in [6.07, 6.45) is 3.99. The molecule has 2 rings (SSSR count). The number of aromatic nitrogens is 2. The fraction of sp³-hybridized carbons (Fsp3) is 0.400. The minimum absolute atomic E-state index is 0.464. The van der Waals surface area contributed by atoms with E-state index in [0.717, 1.165) is 18.8 Å². The minimum Gasteiger partial charge on any atom is -0.301 e. The summed E-state index contributed by atoms with van der Waals surface area (Å²) in [5.74, 6) is 1.33. The second kappa shape index (κ2) is 6.78. The fourth-order valence-electron chi connectivity index (χ4n) is 2.30. The molecule has 0 saturated heterocycles. The number of aryl methyl sites for hydroxylation is 1. The first-order chi connectivity index (χ1) is 9.19. The van der Waals surface area contributed by atoms with Gasteiger partial charge in [0.05, 0.1) is 6.20 Å². The first-order valence-corrected chi connectivity index (χ1v) is 7.14. The molecule has 0 spiro atoms. The summed E-state index contributed by atoms with van der Waals surface area (Å²) in [6.45, 7) is 1.92. The van der Waals surface area contributed by atoms with Crippen LogP contribution in [0.2, 0.25) is 0 Å². The first kappa shape index (κ1) is 14.2. The van der Waals surface area contributed by atoms with E-state index in [1.165, 1.54) is 11.1 Å². The Hall–Kier alpha value is -1.26. The predicted octanol–water partition coefficient (Wildman–Crippen LogP) is 2.57. The molecule has 0 fully saturated rings. The molecule has 0 saturated carbocycles. The summed E-state index contributed by atoms with van der Waals surface area (Å²) in [6, 6.07) is 10.6. The van der Waals surface area contributed by atoms with Crippen LogP contribution < -0.4 is 0 Å². The molecule has 1 unspecified atom stereocenters. The fourth-order valence-corrected chi connectivity index (χ4v) is 2.63. The molecular weight excluding hydrogens is 254 g/mol. The van der Waals surface area contributed by atoms with E-state index in [2.05, 4.69) is 66.2 Å². The molecule has 102 valence electrons. The normalized spacial score (nSPS) is 12.8. The van der Waals surface area contributed by atoms with Gasteiger partial charge in [-0.25, -0.2) is 0 Å². The van der Waals surface area contributed by atoms with Crippen LogP contribution >= 0.6 is 12.6 Å². The van der Waals surface area contributed by atoms with Crippen LogP contribution in [-0.2, 0) is 13.6 Å². The van der Waals surface area contributed by atoms with Crippen molar-refractivity contribution < 1.29 is 0 Å². The first-order valence-electron chi connectivity index (χ1n) is 6.51. The average Bonchev–Trinajstić information content (AvgIpc) is 2.82. The zero-order valence-corrected chi connectivity index (χ0v) is 12.4. The summed E-state index contributed by atoms with van der Waals surface area (Å²) in [4.78, 5) is 2.32. The van der Waals surface area contributed by atoms with Gasteiger partial charge in [0.25, 0.3) is 0 Å². The van der Waals surface area contributed by atoms with Crippen molar-refractivity contribution in [2.75, 3.05) is 19.3 Å². The highest BCUT2D eigenvalue weighted by molar-refractivity contribution is 7.80. The molecule has 3 nitrogen and oxygen atoms in total. The zero-order valence-electron chi connectivity index (χ0n) is 11.5. The maximum atomic E-state index is 4.49. The maximum Gasteiger partial charge on any atom is 0.0534 e. The van der Waals surface area contributed by atoms with Crippen LogP contribution in [0.4, 0.5) is 0 Å². The average molecular weight is 275 g/mol. The summed E-state index contributed by atoms with van der Waals surface area (Å²) in [5.41, 5.74) is 2.60. The molecule has 1 atom stereocenters. The van der Waals surface area contributed by atoms with Gasteiger partial charge in [-0.05, 0) is 18.4 Å². The SMILES string of the molecule is CN(Cc1cnn(C)c1)CC(CS)c1ccccc1. The lowest BCUT2D eigenvalue weighted by atomic mass is 10.0. The van der Waals surface area contributed by atoms with Crippen LogP contribution in [0.15, 0.2) is 42.7 Å². The van der Waals surface area contributed by atoms with Crippen molar-refractivity contribution in [3.05, 3.63) is 53.9 Å². The summed E-state index contributed by atoms with van der Waals surface area (Å²) < 4.78 is 1.84. The number of likely N-dealkylation sites (N-methyl/N-ethyl adjacent to an activating group) is 1. The quantitative estimate of drug-likeness (QED) is 0.818. The van der Waals surface area contributed by atoms with Crippen LogP contribution in [0.5, 0.6) is 0 Å². The highest BCUT2D eigenvalue weighted by Crippen LogP contribution is 2.18. The molecule has 4 heteroatoms. The van der Waals surface area contributed by atoms with Gasteiger partial charge >= 0.3 is 0 Å². The second-order valence-corrected chi connectivity index (χ2v) is 5.37. The lowest BCUT2D eigenvalue weighted by molar-refractivity contribution is 0.311. The monoisotopic (exact) mass is 275 g/mol. The Kier molecular flexibility index (Phi) is 5.05. The Morgan fingerprint density at radius 3 is 2.63 bits per heavy atom. The van der Waals surface area contributed by atoms with E-state index in [1.807, 2.05) is 17.9 Å². The van der Waals surface area contributed by atoms with Gasteiger partial charge in [0.1, 0.15) is 0 Å². The Morgan fingerprint density at radius 2 is 2.05 bits per heavy atom. The predicted molar refractivity (Wildman–Crippen MR) is 82.6 cm³/mol. The van der Waals surface area contributed by atoms with E-state index in [4.69, 9.17) is 0 Å². The van der Waals surface area contributed by atoms with Crippen LogP contribution in [0.1, 0.15) is 17.0 Å². The number of thiol groups is 1. The van der Waals surface area contributed by atoms with E-state index < -0.39 is 0 Å². The molecule has 0 bridgehead atoms. The molecule has 1 aromatic carbocycles. The Bertz CT molecular complexity index is 495. The molecule has 2 aromatic rings. The third kappa shape index (κ3) is 4.11. The van der Waals surface area contributed by atoms with Gasteiger partial charge in [0.2, 0.25) is 0 Å². The third-order valence-electron chi connectivity index (χ3n) is 3.23. The van der Waals surface area contributed by atoms with Gasteiger partial charge in [0, 0.05) is 37.8 Å². The molecule has 0 radical (unpaired) electrons. The minimum atomic E-state index is 0.464. The second-order valence-electron chi connectivity index (χ2n) is 5.01. The van der Waals surface area contributed by atoms with E-state index in [0.29, 0.717) is 5.92 Å². The van der Waals surface area contributed by atoms with Crippen LogP contribution in [0, 0.1) is 0 Å². The van der Waals surface area contributed by atoms with Crippen LogP contribution in [-0.4, -0.2) is 34.0 Å². The largest absolute Gasteiger partial charge is 0.301 e. The molecule has 0 N–H and O–H groups in total. The van der Waals surface area contributed by atoms with Crippen LogP contribution in [0.25, 0.3) is 0 Å². The molecular formula is C15H21N3S. The van der Waals surface area contributed by atoms with E-state index in [1.54, 1.807) is 0 Å². The van der Waals surface area contributed by atoms with Crippen molar-refractivity contribution in [1.29, 1.82) is 0 Å². The highest BCUT2D eigenvalue weighted by Gasteiger charge is 2.12. The van der Waals surface area contributed by atoms with E-state index in [-0.39, 0.29) is 0 Å². The Morgan fingerprint density at radius 1 is 1.32 bits per heavy atom. The van der Waals surface area contributed by atoms with Crippen molar-refractivity contribution in [2.24, 2.45) is 7.05 Å². The number of nitrogens with zero attached hydrogens (tertiary/aromatic N) is 3. The molecule has 0 aliphatic carbocycles. The van der Waals surface area contributed by atoms with E-state index in [9.17, 15) is 0 Å². The van der Waals surface area contributed by atoms with Gasteiger partial charge in [-0.15, -0.1) is 0 Å². The zero-order chi connectivity index (χ0) is 13.7. The Labute approximate surface area is 120 Å². The summed E-state index contributed by atoms with van der Waals surface area (Å²) >= 11 is 4.49.